The van der Waals surface area contributed by atoms with Crippen LogP contribution in [-0.2, 0) is 24.3 Å². The minimum atomic E-state index is -4.66. The van der Waals surface area contributed by atoms with E-state index in [4.69, 9.17) is 13.2 Å². The average Bonchev–Trinajstić information content (AvgIpc) is 2.53. The van der Waals surface area contributed by atoms with Crippen LogP contribution >= 0.6 is 0 Å². The molecule has 0 radical (unpaired) electrons. The van der Waals surface area contributed by atoms with Crippen LogP contribution in [0, 0.1) is 0 Å². The zero-order chi connectivity index (χ0) is 17.9. The quantitative estimate of drug-likeness (QED) is 0.659. The second-order valence-corrected chi connectivity index (χ2v) is 5.05. The van der Waals surface area contributed by atoms with Crippen LogP contribution in [0.25, 0.3) is 0 Å². The fraction of sp³-hybridized carbons (Fsp3) is 0.429. The molecule has 2 rings (SSSR count). The lowest BCUT2D eigenvalue weighted by molar-refractivity contribution is -0.138. The van der Waals surface area contributed by atoms with Crippen LogP contribution in [0.2, 0.25) is 0 Å². The Morgan fingerprint density at radius 2 is 1.70 bits per heavy atom. The Hall–Kier alpha value is -2.00. The molecule has 23 heavy (non-hydrogen) atoms. The summed E-state index contributed by atoms with van der Waals surface area (Å²) < 4.78 is 37.8. The molecule has 1 aromatic rings. The molecule has 0 bridgehead atoms. The number of carbonyl (C=O) groups excluding carboxylic acids is 2. The zero-order valence-corrected chi connectivity index (χ0v) is 13.9. The minimum Gasteiger partial charge on any atom is -0.481 e. The Bertz CT molecular complexity index is 591. The van der Waals surface area contributed by atoms with Gasteiger partial charge in [-0.2, -0.15) is 8.42 Å². The molecule has 9 heteroatoms. The number of carbonyl (C=O) groups is 2. The molecule has 1 aliphatic heterocycles. The molecule has 0 saturated carbocycles. The van der Waals surface area contributed by atoms with Gasteiger partial charge in [0.1, 0.15) is 5.75 Å². The van der Waals surface area contributed by atoms with Crippen LogP contribution in [0.3, 0.4) is 0 Å². The summed E-state index contributed by atoms with van der Waals surface area (Å²) in [6, 6.07) is 9.10. The van der Waals surface area contributed by atoms with Gasteiger partial charge in [0.2, 0.25) is 5.91 Å². The van der Waals surface area contributed by atoms with Crippen LogP contribution in [0.5, 0.6) is 5.75 Å². The average molecular weight is 349 g/mol. The van der Waals surface area contributed by atoms with Crippen molar-refractivity contribution in [2.75, 3.05) is 7.11 Å². The van der Waals surface area contributed by atoms with Crippen molar-refractivity contribution in [3.8, 4) is 5.75 Å². The summed E-state index contributed by atoms with van der Waals surface area (Å²) in [6.45, 7) is 4.00. The predicted molar refractivity (Wildman–Crippen MR) is 81.6 cm³/mol. The van der Waals surface area contributed by atoms with E-state index in [9.17, 15) is 13.5 Å². The molecule has 130 valence electrons. The van der Waals surface area contributed by atoms with E-state index in [2.05, 4.69) is 9.50 Å². The highest BCUT2D eigenvalue weighted by Gasteiger charge is 2.27. The molecule has 1 heterocycles. The maximum atomic E-state index is 11.4. The van der Waals surface area contributed by atoms with Crippen molar-refractivity contribution in [2.45, 2.75) is 32.8 Å². The number of hydrogen-bond acceptors (Lipinski definition) is 6. The van der Waals surface area contributed by atoms with Crippen molar-refractivity contribution in [1.82, 2.24) is 5.32 Å². The third kappa shape index (κ3) is 9.59. The first-order chi connectivity index (χ1) is 10.8. The van der Waals surface area contributed by atoms with E-state index in [1.807, 2.05) is 32.0 Å². The van der Waals surface area contributed by atoms with Gasteiger partial charge in [-0.05, 0) is 12.1 Å². The smallest absolute Gasteiger partial charge is 0.437 e. The molecule has 1 atom stereocenters. The van der Waals surface area contributed by atoms with Gasteiger partial charge < -0.3 is 4.74 Å². The second-order valence-electron chi connectivity index (χ2n) is 3.93. The first-order valence-corrected chi connectivity index (χ1v) is 8.18. The molecular weight excluding hydrogens is 329 g/mol. The third-order valence-electron chi connectivity index (χ3n) is 2.41. The van der Waals surface area contributed by atoms with Crippen LogP contribution in [0.1, 0.15) is 26.7 Å². The Morgan fingerprint density at radius 3 is 2.13 bits per heavy atom. The van der Waals surface area contributed by atoms with Gasteiger partial charge in [-0.25, -0.2) is 4.18 Å². The number of imide groups is 1. The van der Waals surface area contributed by atoms with E-state index in [1.165, 1.54) is 0 Å². The van der Waals surface area contributed by atoms with Crippen molar-refractivity contribution < 1.29 is 30.8 Å². The van der Waals surface area contributed by atoms with Crippen molar-refractivity contribution in [3.05, 3.63) is 30.3 Å². The lowest BCUT2D eigenvalue weighted by Gasteiger charge is -2.21. The number of rotatable bonds is 3. The predicted octanol–water partition coefficient (Wildman–Crippen LogP) is 1.74. The molecule has 2 amide bonds. The molecule has 7 nitrogen and oxygen atoms in total. The SMILES string of the molecule is CC.COS(=O)(=O)F.O=C1CCC(Oc2ccccc2)C(=O)N1. The van der Waals surface area contributed by atoms with Gasteiger partial charge >= 0.3 is 10.5 Å². The van der Waals surface area contributed by atoms with E-state index < -0.39 is 16.6 Å². The number of halogens is 1. The third-order valence-corrected chi connectivity index (χ3v) is 2.81. The number of amides is 2. The Kier molecular flexibility index (Phi) is 9.75. The molecule has 1 saturated heterocycles. The van der Waals surface area contributed by atoms with Crippen molar-refractivity contribution in [1.29, 1.82) is 0 Å². The van der Waals surface area contributed by atoms with Gasteiger partial charge in [-0.3, -0.25) is 14.9 Å². The van der Waals surface area contributed by atoms with Crippen molar-refractivity contribution in [3.63, 3.8) is 0 Å². The van der Waals surface area contributed by atoms with Gasteiger partial charge in [-0.1, -0.05) is 35.9 Å². The fourth-order valence-corrected chi connectivity index (χ4v) is 1.45. The van der Waals surface area contributed by atoms with E-state index in [0.29, 0.717) is 18.6 Å². The molecule has 1 aromatic carbocycles. The van der Waals surface area contributed by atoms with Crippen LogP contribution in [-0.4, -0.2) is 33.4 Å². The number of benzene rings is 1. The molecule has 0 aromatic heterocycles. The normalized spacial score (nSPS) is 17.0. The Labute approximate surface area is 135 Å². The van der Waals surface area contributed by atoms with Crippen molar-refractivity contribution >= 4 is 22.3 Å². The Balaban J connectivity index is 0.000000515. The summed E-state index contributed by atoms with van der Waals surface area (Å²) in [4.78, 5) is 22.2. The number of hydrogen-bond donors (Lipinski definition) is 1. The van der Waals surface area contributed by atoms with E-state index in [1.54, 1.807) is 12.1 Å². The van der Waals surface area contributed by atoms with Gasteiger partial charge in [0.05, 0.1) is 7.11 Å². The summed E-state index contributed by atoms with van der Waals surface area (Å²) in [7, 11) is -3.92. The first-order valence-electron chi connectivity index (χ1n) is 6.87. The molecular formula is C14H20FNO6S. The van der Waals surface area contributed by atoms with Gasteiger partial charge in [-0.15, -0.1) is 0 Å². The molecule has 0 spiro atoms. The van der Waals surface area contributed by atoms with Gasteiger partial charge in [0.25, 0.3) is 5.91 Å². The molecule has 1 aliphatic rings. The van der Waals surface area contributed by atoms with Gasteiger partial charge in [0, 0.05) is 12.8 Å². The van der Waals surface area contributed by atoms with E-state index in [-0.39, 0.29) is 11.8 Å². The van der Waals surface area contributed by atoms with Crippen LogP contribution in [0.15, 0.2) is 30.3 Å². The first kappa shape index (κ1) is 21.0. The maximum Gasteiger partial charge on any atom is 0.437 e. The number of para-hydroxylation sites is 1. The monoisotopic (exact) mass is 349 g/mol. The highest BCUT2D eigenvalue weighted by Crippen LogP contribution is 2.15. The standard InChI is InChI=1S/C11H11NO3.C2H6.CH3FO3S/c13-10-7-6-9(11(14)12-10)15-8-4-2-1-3-5-8;1-2;1-5-6(2,3)4/h1-5,9H,6-7H2,(H,12,13,14);1-2H3;1H3. The molecule has 1 unspecified atom stereocenters. The number of piperidine rings is 1. The molecule has 1 fully saturated rings. The summed E-state index contributed by atoms with van der Waals surface area (Å²) in [5.74, 6) is 0.0648. The molecule has 1 N–H and O–H groups in total. The number of ether oxygens (including phenoxy) is 1. The summed E-state index contributed by atoms with van der Waals surface area (Å²) in [5, 5.41) is 2.25. The molecule has 0 aliphatic carbocycles. The van der Waals surface area contributed by atoms with E-state index >= 15 is 0 Å². The van der Waals surface area contributed by atoms with Gasteiger partial charge in [0.15, 0.2) is 6.10 Å². The fourth-order valence-electron chi connectivity index (χ4n) is 1.45. The zero-order valence-electron chi connectivity index (χ0n) is 13.1. The second kappa shape index (κ2) is 10.7. The topological polar surface area (TPSA) is 98.8 Å². The van der Waals surface area contributed by atoms with Crippen LogP contribution in [0.4, 0.5) is 3.89 Å². The minimum absolute atomic E-state index is 0.229. The summed E-state index contributed by atoms with van der Waals surface area (Å²) in [6.07, 6.45) is 0.230. The van der Waals surface area contributed by atoms with Crippen LogP contribution < -0.4 is 10.1 Å². The largest absolute Gasteiger partial charge is 0.481 e. The maximum absolute atomic E-state index is 11.4. The Morgan fingerprint density at radius 1 is 1.17 bits per heavy atom. The summed E-state index contributed by atoms with van der Waals surface area (Å²) in [5.41, 5.74) is 0. The highest BCUT2D eigenvalue weighted by atomic mass is 32.3. The van der Waals surface area contributed by atoms with Crippen molar-refractivity contribution in [2.24, 2.45) is 0 Å². The highest BCUT2D eigenvalue weighted by molar-refractivity contribution is 7.81. The summed E-state index contributed by atoms with van der Waals surface area (Å²) >= 11 is 0. The lowest BCUT2D eigenvalue weighted by atomic mass is 10.1. The van der Waals surface area contributed by atoms with E-state index in [0.717, 1.165) is 7.11 Å². The lowest BCUT2D eigenvalue weighted by Crippen LogP contribution is -2.46. The number of nitrogens with one attached hydrogen (secondary N) is 1.